The van der Waals surface area contributed by atoms with Crippen molar-refractivity contribution in [1.29, 1.82) is 0 Å². The molecule has 0 saturated carbocycles. The minimum absolute atomic E-state index is 0.155. The van der Waals surface area contributed by atoms with Crippen molar-refractivity contribution in [1.82, 2.24) is 5.32 Å². The molecule has 1 rings (SSSR count). The van der Waals surface area contributed by atoms with Gasteiger partial charge in [0.05, 0.1) is 12.6 Å². The molecule has 0 saturated heterocycles. The number of ether oxygens (including phenoxy) is 1. The molecule has 0 spiro atoms. The maximum atomic E-state index is 12.0. The normalized spacial score (nSPS) is 11.0. The standard InChI is InChI=1S/C16H25NO2/c1-12(2)19-9-5-8-17-11-16(18)15-7-6-13(3)10-14(15)4/h6-7,10,12,17H,5,8-9,11H2,1-4H3. The van der Waals surface area contributed by atoms with Crippen LogP contribution in [0, 0.1) is 13.8 Å². The van der Waals surface area contributed by atoms with Crippen molar-refractivity contribution in [3.63, 3.8) is 0 Å². The van der Waals surface area contributed by atoms with E-state index in [0.717, 1.165) is 30.7 Å². The summed E-state index contributed by atoms with van der Waals surface area (Å²) in [5.74, 6) is 0.155. The topological polar surface area (TPSA) is 38.3 Å². The van der Waals surface area contributed by atoms with Crippen LogP contribution < -0.4 is 5.32 Å². The molecule has 0 aliphatic rings. The quantitative estimate of drug-likeness (QED) is 0.579. The van der Waals surface area contributed by atoms with E-state index in [2.05, 4.69) is 5.32 Å². The Hall–Kier alpha value is -1.19. The molecule has 1 N–H and O–H groups in total. The van der Waals surface area contributed by atoms with E-state index in [1.165, 1.54) is 5.56 Å². The lowest BCUT2D eigenvalue weighted by molar-refractivity contribution is 0.0767. The van der Waals surface area contributed by atoms with Gasteiger partial charge in [-0.05, 0) is 46.2 Å². The van der Waals surface area contributed by atoms with E-state index in [-0.39, 0.29) is 11.9 Å². The Balaban J connectivity index is 2.28. The molecular formula is C16H25NO2. The predicted octanol–water partition coefficient (Wildman–Crippen LogP) is 2.89. The molecule has 19 heavy (non-hydrogen) atoms. The van der Waals surface area contributed by atoms with Gasteiger partial charge in [-0.25, -0.2) is 0 Å². The van der Waals surface area contributed by atoms with Crippen molar-refractivity contribution in [3.8, 4) is 0 Å². The van der Waals surface area contributed by atoms with E-state index < -0.39 is 0 Å². The summed E-state index contributed by atoms with van der Waals surface area (Å²) in [7, 11) is 0. The van der Waals surface area contributed by atoms with Crippen molar-refractivity contribution in [2.24, 2.45) is 0 Å². The molecule has 0 aromatic heterocycles. The third-order valence-corrected chi connectivity index (χ3v) is 2.92. The number of Topliss-reactive ketones (excluding diaryl/α,β-unsaturated/α-hetero) is 1. The number of hydrogen-bond donors (Lipinski definition) is 1. The van der Waals surface area contributed by atoms with Crippen LogP contribution in [-0.2, 0) is 4.74 Å². The van der Waals surface area contributed by atoms with Gasteiger partial charge in [0.2, 0.25) is 0 Å². The Bertz CT molecular complexity index is 413. The molecular weight excluding hydrogens is 238 g/mol. The molecule has 3 heteroatoms. The van der Waals surface area contributed by atoms with Crippen molar-refractivity contribution in [2.75, 3.05) is 19.7 Å². The monoisotopic (exact) mass is 263 g/mol. The fraction of sp³-hybridized carbons (Fsp3) is 0.562. The van der Waals surface area contributed by atoms with E-state index in [1.54, 1.807) is 0 Å². The first-order chi connectivity index (χ1) is 9.00. The van der Waals surface area contributed by atoms with Gasteiger partial charge in [0.15, 0.2) is 5.78 Å². The zero-order chi connectivity index (χ0) is 14.3. The second-order valence-electron chi connectivity index (χ2n) is 5.19. The van der Waals surface area contributed by atoms with E-state index in [4.69, 9.17) is 4.74 Å². The number of ketones is 1. The van der Waals surface area contributed by atoms with E-state index in [9.17, 15) is 4.79 Å². The minimum atomic E-state index is 0.155. The molecule has 106 valence electrons. The second kappa shape index (κ2) is 8.08. The predicted molar refractivity (Wildman–Crippen MR) is 78.8 cm³/mol. The highest BCUT2D eigenvalue weighted by atomic mass is 16.5. The van der Waals surface area contributed by atoms with Crippen molar-refractivity contribution >= 4 is 5.78 Å². The van der Waals surface area contributed by atoms with Crippen LogP contribution in [0.15, 0.2) is 18.2 Å². The van der Waals surface area contributed by atoms with Gasteiger partial charge in [-0.1, -0.05) is 23.8 Å². The maximum Gasteiger partial charge on any atom is 0.176 e. The molecule has 0 atom stereocenters. The molecule has 0 aliphatic carbocycles. The van der Waals surface area contributed by atoms with Gasteiger partial charge in [-0.15, -0.1) is 0 Å². The fourth-order valence-electron chi connectivity index (χ4n) is 1.94. The number of nitrogens with one attached hydrogen (secondary N) is 1. The molecule has 1 aromatic carbocycles. The fourth-order valence-corrected chi connectivity index (χ4v) is 1.94. The lowest BCUT2D eigenvalue weighted by Gasteiger charge is -2.09. The summed E-state index contributed by atoms with van der Waals surface area (Å²) >= 11 is 0. The van der Waals surface area contributed by atoms with Crippen LogP contribution in [0.4, 0.5) is 0 Å². The Labute approximate surface area is 116 Å². The zero-order valence-electron chi connectivity index (χ0n) is 12.5. The highest BCUT2D eigenvalue weighted by Crippen LogP contribution is 2.10. The molecule has 0 unspecified atom stereocenters. The van der Waals surface area contributed by atoms with Gasteiger partial charge in [0.1, 0.15) is 0 Å². The Morgan fingerprint density at radius 3 is 2.68 bits per heavy atom. The Kier molecular flexibility index (Phi) is 6.74. The number of rotatable bonds is 8. The molecule has 0 aliphatic heterocycles. The minimum Gasteiger partial charge on any atom is -0.379 e. The highest BCUT2D eigenvalue weighted by molar-refractivity contribution is 5.98. The van der Waals surface area contributed by atoms with Crippen LogP contribution in [0.5, 0.6) is 0 Å². The number of benzene rings is 1. The Morgan fingerprint density at radius 1 is 1.32 bits per heavy atom. The Morgan fingerprint density at radius 2 is 2.05 bits per heavy atom. The first-order valence-electron chi connectivity index (χ1n) is 6.93. The summed E-state index contributed by atoms with van der Waals surface area (Å²) in [5, 5.41) is 3.17. The summed E-state index contributed by atoms with van der Waals surface area (Å²) in [5.41, 5.74) is 3.05. The third-order valence-electron chi connectivity index (χ3n) is 2.92. The third kappa shape index (κ3) is 5.99. The van der Waals surface area contributed by atoms with Crippen LogP contribution in [0.25, 0.3) is 0 Å². The van der Waals surface area contributed by atoms with Crippen LogP contribution in [0.3, 0.4) is 0 Å². The average Bonchev–Trinajstić information content (AvgIpc) is 2.32. The number of aryl methyl sites for hydroxylation is 2. The van der Waals surface area contributed by atoms with Gasteiger partial charge < -0.3 is 10.1 Å². The molecule has 0 amide bonds. The molecule has 0 radical (unpaired) electrons. The number of carbonyl (C=O) groups is 1. The summed E-state index contributed by atoms with van der Waals surface area (Å²) in [6.45, 7) is 10.0. The smallest absolute Gasteiger partial charge is 0.176 e. The molecule has 3 nitrogen and oxygen atoms in total. The molecule has 1 aromatic rings. The summed E-state index contributed by atoms with van der Waals surface area (Å²) in [6.07, 6.45) is 1.20. The van der Waals surface area contributed by atoms with E-state index >= 15 is 0 Å². The van der Waals surface area contributed by atoms with Crippen molar-refractivity contribution < 1.29 is 9.53 Å². The lowest BCUT2D eigenvalue weighted by atomic mass is 10.0. The van der Waals surface area contributed by atoms with Gasteiger partial charge in [-0.3, -0.25) is 4.79 Å². The van der Waals surface area contributed by atoms with Crippen LogP contribution in [-0.4, -0.2) is 31.6 Å². The van der Waals surface area contributed by atoms with Gasteiger partial charge >= 0.3 is 0 Å². The molecule has 0 fully saturated rings. The van der Waals surface area contributed by atoms with E-state index in [1.807, 2.05) is 45.9 Å². The second-order valence-corrected chi connectivity index (χ2v) is 5.19. The summed E-state index contributed by atoms with van der Waals surface area (Å²) in [4.78, 5) is 12.0. The first kappa shape index (κ1) is 15.9. The highest BCUT2D eigenvalue weighted by Gasteiger charge is 2.08. The van der Waals surface area contributed by atoms with Crippen LogP contribution in [0.1, 0.15) is 41.8 Å². The largest absolute Gasteiger partial charge is 0.379 e. The number of hydrogen-bond acceptors (Lipinski definition) is 3. The van der Waals surface area contributed by atoms with Gasteiger partial charge in [0, 0.05) is 12.2 Å². The van der Waals surface area contributed by atoms with E-state index in [0.29, 0.717) is 6.54 Å². The average molecular weight is 263 g/mol. The molecule has 0 heterocycles. The van der Waals surface area contributed by atoms with Crippen molar-refractivity contribution in [2.45, 2.75) is 40.2 Å². The van der Waals surface area contributed by atoms with Crippen molar-refractivity contribution in [3.05, 3.63) is 34.9 Å². The van der Waals surface area contributed by atoms with Gasteiger partial charge in [0.25, 0.3) is 0 Å². The maximum absolute atomic E-state index is 12.0. The summed E-state index contributed by atoms with van der Waals surface area (Å²) < 4.78 is 5.44. The zero-order valence-corrected chi connectivity index (χ0v) is 12.5. The van der Waals surface area contributed by atoms with Crippen LogP contribution in [0.2, 0.25) is 0 Å². The molecule has 0 bridgehead atoms. The summed E-state index contributed by atoms with van der Waals surface area (Å²) in [6, 6.07) is 5.94. The first-order valence-corrected chi connectivity index (χ1v) is 6.93. The van der Waals surface area contributed by atoms with Gasteiger partial charge in [-0.2, -0.15) is 0 Å². The number of carbonyl (C=O) groups excluding carboxylic acids is 1. The lowest BCUT2D eigenvalue weighted by Crippen LogP contribution is -2.25. The SMILES string of the molecule is Cc1ccc(C(=O)CNCCCOC(C)C)c(C)c1. The van der Waals surface area contributed by atoms with Crippen LogP contribution >= 0.6 is 0 Å².